The van der Waals surface area contributed by atoms with Crippen molar-refractivity contribution in [1.82, 2.24) is 29.5 Å². The van der Waals surface area contributed by atoms with Crippen LogP contribution < -0.4 is 16.3 Å². The van der Waals surface area contributed by atoms with Crippen LogP contribution in [0, 0.1) is 0 Å². The Bertz CT molecular complexity index is 2220. The van der Waals surface area contributed by atoms with Gasteiger partial charge in [-0.1, -0.05) is 26.0 Å². The number of phenolic OH excluding ortho intramolecular Hbond substituents is 2. The van der Waals surface area contributed by atoms with Crippen molar-refractivity contribution in [2.45, 2.75) is 58.0 Å². The minimum Gasteiger partial charge on any atom is -0.508 e. The molecule has 7 rings (SSSR count). The van der Waals surface area contributed by atoms with E-state index in [0.717, 1.165) is 10.9 Å². The van der Waals surface area contributed by atoms with Crippen LogP contribution in [0.4, 0.5) is 10.5 Å². The molecule has 2 atom stereocenters. The van der Waals surface area contributed by atoms with Gasteiger partial charge in [0.05, 0.1) is 23.8 Å². The number of aliphatic hydroxyl groups excluding tert-OH is 1. The lowest BCUT2D eigenvalue weighted by Crippen LogP contribution is -2.51. The van der Waals surface area contributed by atoms with Gasteiger partial charge in [0, 0.05) is 47.4 Å². The molecular weight excluding hydrogens is 646 g/mol. The number of fused-ring (bicyclic) bond motifs is 2. The molecule has 1 saturated heterocycles. The number of piperidine rings is 1. The van der Waals surface area contributed by atoms with E-state index in [1.54, 1.807) is 35.2 Å². The number of hydrogen-bond acceptors (Lipinski definition) is 10. The number of rotatable bonds is 8. The Balaban J connectivity index is 1.02. The fourth-order valence-corrected chi connectivity index (χ4v) is 6.72. The summed E-state index contributed by atoms with van der Waals surface area (Å²) < 4.78 is 8.74. The van der Waals surface area contributed by atoms with Crippen molar-refractivity contribution in [1.29, 1.82) is 0 Å². The number of nitrogens with one attached hydrogen (secondary N) is 3. The first kappa shape index (κ1) is 32.6. The summed E-state index contributed by atoms with van der Waals surface area (Å²) in [7, 11) is 0. The van der Waals surface area contributed by atoms with Crippen LogP contribution in [0.3, 0.4) is 0 Å². The van der Waals surface area contributed by atoms with Gasteiger partial charge in [-0.15, -0.1) is 0 Å². The van der Waals surface area contributed by atoms with Crippen molar-refractivity contribution in [3.05, 3.63) is 88.0 Å². The first-order valence-electron chi connectivity index (χ1n) is 16.2. The molecule has 50 heavy (non-hydrogen) atoms. The number of H-pyrrole nitrogens is 1. The van der Waals surface area contributed by atoms with E-state index in [1.807, 2.05) is 42.8 Å². The van der Waals surface area contributed by atoms with Crippen LogP contribution >= 0.6 is 0 Å². The molecule has 2 aliphatic rings. The summed E-state index contributed by atoms with van der Waals surface area (Å²) in [5, 5.41) is 44.4. The fourth-order valence-electron chi connectivity index (χ4n) is 6.72. The number of carbonyl (C=O) groups excluding carboxylic acids is 3. The zero-order chi connectivity index (χ0) is 35.3. The van der Waals surface area contributed by atoms with Gasteiger partial charge in [-0.2, -0.15) is 5.10 Å². The van der Waals surface area contributed by atoms with Gasteiger partial charge in [-0.05, 0) is 59.9 Å². The highest BCUT2D eigenvalue weighted by atomic mass is 16.5. The lowest BCUT2D eigenvalue weighted by atomic mass is 9.98. The zero-order valence-corrected chi connectivity index (χ0v) is 27.2. The molecule has 0 aliphatic carbocycles. The van der Waals surface area contributed by atoms with Gasteiger partial charge >= 0.3 is 11.8 Å². The maximum absolute atomic E-state index is 12.9. The van der Waals surface area contributed by atoms with Crippen molar-refractivity contribution < 1.29 is 34.4 Å². The molecule has 258 valence electrons. The topological polar surface area (TPSA) is 204 Å². The molecule has 0 bridgehead atoms. The van der Waals surface area contributed by atoms with E-state index in [0.29, 0.717) is 46.6 Å². The van der Waals surface area contributed by atoms with Crippen molar-refractivity contribution in [3.8, 4) is 28.6 Å². The normalized spacial score (nSPS) is 17.7. The number of imide groups is 1. The summed E-state index contributed by atoms with van der Waals surface area (Å²) in [4.78, 5) is 51.4. The van der Waals surface area contributed by atoms with Gasteiger partial charge in [0.15, 0.2) is 5.82 Å². The summed E-state index contributed by atoms with van der Waals surface area (Å²) in [6, 6.07) is 14.6. The molecule has 3 amide bonds. The molecule has 15 nitrogen and oxygen atoms in total. The number of nitrogens with zero attached hydrogens (tertiary/aromatic N) is 4. The highest BCUT2D eigenvalue weighted by Crippen LogP contribution is 2.39. The van der Waals surface area contributed by atoms with Gasteiger partial charge < -0.3 is 24.6 Å². The predicted octanol–water partition coefficient (Wildman–Crippen LogP) is 3.58. The van der Waals surface area contributed by atoms with Crippen LogP contribution in [0.5, 0.6) is 11.5 Å². The Morgan fingerprint density at radius 3 is 2.68 bits per heavy atom. The second-order valence-electron chi connectivity index (χ2n) is 12.7. The molecule has 1 fully saturated rings. The third-order valence-electron chi connectivity index (χ3n) is 9.25. The second kappa shape index (κ2) is 12.8. The van der Waals surface area contributed by atoms with Crippen LogP contribution in [0.15, 0.2) is 65.6 Å². The van der Waals surface area contributed by atoms with E-state index >= 15 is 0 Å². The fraction of sp³-hybridized carbons (Fsp3) is 0.286. The van der Waals surface area contributed by atoms with E-state index in [-0.39, 0.29) is 48.7 Å². The molecule has 2 aliphatic heterocycles. The third kappa shape index (κ3) is 5.86. The molecule has 2 unspecified atom stereocenters. The van der Waals surface area contributed by atoms with E-state index in [9.17, 15) is 34.5 Å². The van der Waals surface area contributed by atoms with Crippen LogP contribution in [0.25, 0.3) is 28.0 Å². The zero-order valence-electron chi connectivity index (χ0n) is 27.2. The Labute approximate surface area is 284 Å². The molecule has 3 aromatic carbocycles. The molecule has 15 heteroatoms. The lowest BCUT2D eigenvalue weighted by Gasteiger charge is -2.31. The highest BCUT2D eigenvalue weighted by Gasteiger charge is 2.40. The maximum Gasteiger partial charge on any atom is 0.411 e. The van der Waals surface area contributed by atoms with Gasteiger partial charge in [0.1, 0.15) is 24.3 Å². The number of aliphatic hydroxyl groups is 1. The molecule has 2 aromatic heterocycles. The highest BCUT2D eigenvalue weighted by molar-refractivity contribution is 6.00. The predicted molar refractivity (Wildman–Crippen MR) is 181 cm³/mol. The number of amides is 3. The summed E-state index contributed by atoms with van der Waals surface area (Å²) in [6.07, 6.45) is 0.566. The Hall–Kier alpha value is -5.93. The number of hydrogen-bond donors (Lipinski definition) is 6. The van der Waals surface area contributed by atoms with Crippen LogP contribution in [-0.2, 0) is 27.4 Å². The van der Waals surface area contributed by atoms with Crippen LogP contribution in [0.2, 0.25) is 0 Å². The van der Waals surface area contributed by atoms with E-state index in [2.05, 4.69) is 20.8 Å². The Kier molecular flexibility index (Phi) is 8.37. The molecule has 0 saturated carbocycles. The third-order valence-corrected chi connectivity index (χ3v) is 9.25. The number of aromatic nitrogens is 4. The monoisotopic (exact) mass is 681 g/mol. The molecule has 0 radical (unpaired) electrons. The molecule has 0 spiro atoms. The Morgan fingerprint density at radius 2 is 1.90 bits per heavy atom. The largest absolute Gasteiger partial charge is 0.508 e. The summed E-state index contributed by atoms with van der Waals surface area (Å²) in [5.41, 5.74) is 3.41. The van der Waals surface area contributed by atoms with Gasteiger partial charge in [0.2, 0.25) is 11.8 Å². The van der Waals surface area contributed by atoms with Crippen molar-refractivity contribution in [3.63, 3.8) is 0 Å². The number of benzene rings is 3. The molecule has 5 aromatic rings. The quantitative estimate of drug-likeness (QED) is 0.131. The summed E-state index contributed by atoms with van der Waals surface area (Å²) in [5.74, 6) is -0.900. The number of anilines is 1. The number of aromatic hydroxyl groups is 2. The number of phenols is 2. The average Bonchev–Trinajstić information content (AvgIpc) is 3.76. The van der Waals surface area contributed by atoms with Crippen molar-refractivity contribution in [2.75, 3.05) is 11.9 Å². The standard InChI is InChI=1S/C35H35N7O8/c1-18(2)22-15-23(29(44)16-28(22)43)31-38-39-34(48)42(31)20-6-7-26-19(14-20)10-11-40(26)12-13-50-35(49)36-25-5-3-4-21-24(25)17-41(33(21)47)27-8-9-30(45)37-32(27)46/h3-7,10-11,14-16,18,27,33,43-44,47H,8-9,12-13,17H2,1-2H3,(H,36,49)(H,39,48)(H,37,45,46). The number of aromatic amines is 1. The Morgan fingerprint density at radius 1 is 1.08 bits per heavy atom. The maximum atomic E-state index is 12.9. The molecule has 6 N–H and O–H groups in total. The first-order valence-corrected chi connectivity index (χ1v) is 16.2. The second-order valence-corrected chi connectivity index (χ2v) is 12.7. The van der Waals surface area contributed by atoms with Gasteiger partial charge in [0.25, 0.3) is 0 Å². The molecular formula is C35H35N7O8. The van der Waals surface area contributed by atoms with E-state index < -0.39 is 30.0 Å². The molecule has 4 heterocycles. The first-order chi connectivity index (χ1) is 24.0. The lowest BCUT2D eigenvalue weighted by molar-refractivity contribution is -0.141. The smallest absolute Gasteiger partial charge is 0.411 e. The van der Waals surface area contributed by atoms with Gasteiger partial charge in [-0.3, -0.25) is 25.1 Å². The SMILES string of the molecule is CC(C)c1cc(-c2n[nH]c(=O)n2-c2ccc3c(ccn3CCOC(=O)Nc3cccc4c3CN(C3CCC(=O)NC3=O)C4O)c2)c(O)cc1O. The van der Waals surface area contributed by atoms with Gasteiger partial charge in [-0.25, -0.2) is 19.3 Å². The summed E-state index contributed by atoms with van der Waals surface area (Å²) in [6.45, 7) is 4.40. The number of ether oxygens (including phenoxy) is 1. The minimum absolute atomic E-state index is 0.0365. The average molecular weight is 682 g/mol. The minimum atomic E-state index is -1.06. The van der Waals surface area contributed by atoms with Crippen molar-refractivity contribution in [2.24, 2.45) is 0 Å². The van der Waals surface area contributed by atoms with Crippen molar-refractivity contribution >= 4 is 34.5 Å². The van der Waals surface area contributed by atoms with E-state index in [1.165, 1.54) is 10.6 Å². The van der Waals surface area contributed by atoms with Crippen LogP contribution in [-0.4, -0.2) is 70.1 Å². The summed E-state index contributed by atoms with van der Waals surface area (Å²) >= 11 is 0. The number of carbonyl (C=O) groups is 3. The van der Waals surface area contributed by atoms with E-state index in [4.69, 9.17) is 4.74 Å². The van der Waals surface area contributed by atoms with Crippen LogP contribution in [0.1, 0.15) is 55.5 Å².